The quantitative estimate of drug-likeness (QED) is 0.404. The highest BCUT2D eigenvalue weighted by atomic mass is 28.3. The van der Waals surface area contributed by atoms with Crippen LogP contribution in [0.15, 0.2) is 0 Å². The fraction of sp³-hybridized carbons (Fsp3) is 0.375. The standard InChI is InChI=1S/C8H9F4NSi/c1-14(2,3)6-4(9)7(11)13-8(12)5(6)10/h1-3H3. The van der Waals surface area contributed by atoms with Gasteiger partial charge < -0.3 is 0 Å². The van der Waals surface area contributed by atoms with E-state index in [2.05, 4.69) is 4.98 Å². The number of hydrogen-bond donors (Lipinski definition) is 0. The van der Waals surface area contributed by atoms with Crippen LogP contribution in [0.5, 0.6) is 0 Å². The van der Waals surface area contributed by atoms with E-state index in [0.717, 1.165) is 0 Å². The van der Waals surface area contributed by atoms with Gasteiger partial charge in [-0.3, -0.25) is 0 Å². The van der Waals surface area contributed by atoms with Gasteiger partial charge in [0, 0.05) is 5.19 Å². The van der Waals surface area contributed by atoms with E-state index >= 15 is 0 Å². The van der Waals surface area contributed by atoms with Crippen LogP contribution in [0.3, 0.4) is 0 Å². The molecule has 0 bridgehead atoms. The number of nitrogens with zero attached hydrogens (tertiary/aromatic N) is 1. The molecule has 6 heteroatoms. The second kappa shape index (κ2) is 3.34. The Morgan fingerprint density at radius 3 is 1.50 bits per heavy atom. The van der Waals surface area contributed by atoms with Crippen LogP contribution in [0.1, 0.15) is 0 Å². The summed E-state index contributed by atoms with van der Waals surface area (Å²) in [7, 11) is -2.46. The van der Waals surface area contributed by atoms with Crippen LogP contribution in [0.25, 0.3) is 0 Å². The number of hydrogen-bond acceptors (Lipinski definition) is 1. The highest BCUT2D eigenvalue weighted by Gasteiger charge is 2.30. The maximum atomic E-state index is 13.1. The summed E-state index contributed by atoms with van der Waals surface area (Å²) in [5, 5.41) is -0.484. The lowest BCUT2D eigenvalue weighted by Crippen LogP contribution is -2.44. The van der Waals surface area contributed by atoms with Crippen LogP contribution < -0.4 is 5.19 Å². The summed E-state index contributed by atoms with van der Waals surface area (Å²) in [6.45, 7) is 4.77. The SMILES string of the molecule is C[Si](C)(C)c1c(F)c(F)nc(F)c1F. The Bertz CT molecular complexity index is 346. The molecule has 0 atom stereocenters. The molecule has 0 aliphatic rings. The Morgan fingerprint density at radius 1 is 0.857 bits per heavy atom. The van der Waals surface area contributed by atoms with Crippen molar-refractivity contribution in [2.45, 2.75) is 19.6 Å². The van der Waals surface area contributed by atoms with Gasteiger partial charge in [-0.05, 0) is 0 Å². The summed E-state index contributed by atoms with van der Waals surface area (Å²) in [4.78, 5) is 2.49. The van der Waals surface area contributed by atoms with E-state index in [1.165, 1.54) is 0 Å². The molecule has 0 saturated heterocycles. The van der Waals surface area contributed by atoms with E-state index in [1.807, 2.05) is 0 Å². The second-order valence-electron chi connectivity index (χ2n) is 3.95. The largest absolute Gasteiger partial charge is 0.251 e. The molecule has 0 N–H and O–H groups in total. The molecule has 0 spiro atoms. The van der Waals surface area contributed by atoms with Crippen molar-refractivity contribution >= 4 is 13.3 Å². The first-order valence-electron chi connectivity index (χ1n) is 3.95. The lowest BCUT2D eigenvalue weighted by atomic mass is 10.4. The van der Waals surface area contributed by atoms with Gasteiger partial charge >= 0.3 is 0 Å². The number of pyridine rings is 1. The van der Waals surface area contributed by atoms with E-state index in [9.17, 15) is 17.6 Å². The first-order chi connectivity index (χ1) is 6.25. The van der Waals surface area contributed by atoms with Crippen molar-refractivity contribution in [1.29, 1.82) is 0 Å². The number of halogens is 4. The van der Waals surface area contributed by atoms with Crippen molar-refractivity contribution in [3.05, 3.63) is 23.5 Å². The van der Waals surface area contributed by atoms with Crippen LogP contribution in [0.2, 0.25) is 19.6 Å². The van der Waals surface area contributed by atoms with Gasteiger partial charge in [-0.1, -0.05) is 19.6 Å². The predicted octanol–water partition coefficient (Wildman–Crippen LogP) is 2.18. The van der Waals surface area contributed by atoms with Crippen LogP contribution >= 0.6 is 0 Å². The Kier molecular flexibility index (Phi) is 2.66. The Hall–Kier alpha value is -0.913. The molecule has 1 aromatic heterocycles. The van der Waals surface area contributed by atoms with Crippen molar-refractivity contribution in [3.63, 3.8) is 0 Å². The molecule has 0 aromatic carbocycles. The lowest BCUT2D eigenvalue weighted by molar-refractivity contribution is 0.414. The van der Waals surface area contributed by atoms with Crippen LogP contribution in [-0.2, 0) is 0 Å². The second-order valence-corrected chi connectivity index (χ2v) is 8.95. The van der Waals surface area contributed by atoms with E-state index in [0.29, 0.717) is 0 Å². The van der Waals surface area contributed by atoms with Crippen LogP contribution in [0.4, 0.5) is 17.6 Å². The molecule has 0 saturated carbocycles. The molecular weight excluding hydrogens is 214 g/mol. The van der Waals surface area contributed by atoms with Gasteiger partial charge in [-0.25, -0.2) is 8.78 Å². The minimum atomic E-state index is -2.46. The van der Waals surface area contributed by atoms with Crippen molar-refractivity contribution < 1.29 is 17.6 Å². The van der Waals surface area contributed by atoms with Crippen molar-refractivity contribution in [3.8, 4) is 0 Å². The summed E-state index contributed by atoms with van der Waals surface area (Å²) in [5.74, 6) is -5.91. The molecule has 14 heavy (non-hydrogen) atoms. The average molecular weight is 223 g/mol. The lowest BCUT2D eigenvalue weighted by Gasteiger charge is -2.18. The molecule has 1 nitrogen and oxygen atoms in total. The summed E-state index contributed by atoms with van der Waals surface area (Å²) in [6, 6.07) is 0. The minimum Gasteiger partial charge on any atom is -0.202 e. The molecule has 1 heterocycles. The average Bonchev–Trinajstić information content (AvgIpc) is 1.98. The minimum absolute atomic E-state index is 0.484. The molecule has 0 aliphatic carbocycles. The number of rotatable bonds is 1. The fourth-order valence-electron chi connectivity index (χ4n) is 1.15. The van der Waals surface area contributed by atoms with Gasteiger partial charge in [0.2, 0.25) is 0 Å². The molecule has 0 radical (unpaired) electrons. The molecule has 1 rings (SSSR count). The van der Waals surface area contributed by atoms with Gasteiger partial charge in [-0.15, -0.1) is 0 Å². The Morgan fingerprint density at radius 2 is 1.21 bits per heavy atom. The van der Waals surface area contributed by atoms with E-state index in [-0.39, 0.29) is 0 Å². The normalized spacial score (nSPS) is 11.9. The van der Waals surface area contributed by atoms with Crippen LogP contribution in [0, 0.1) is 23.5 Å². The summed E-state index contributed by atoms with van der Waals surface area (Å²) < 4.78 is 51.6. The van der Waals surface area contributed by atoms with E-state index in [1.54, 1.807) is 19.6 Å². The van der Waals surface area contributed by atoms with Crippen molar-refractivity contribution in [2.24, 2.45) is 0 Å². The van der Waals surface area contributed by atoms with Gasteiger partial charge in [0.05, 0.1) is 8.07 Å². The molecule has 78 valence electrons. The monoisotopic (exact) mass is 223 g/mol. The van der Waals surface area contributed by atoms with E-state index < -0.39 is 36.8 Å². The van der Waals surface area contributed by atoms with Gasteiger partial charge in [0.1, 0.15) is 0 Å². The zero-order valence-corrected chi connectivity index (χ0v) is 8.96. The predicted molar refractivity (Wildman–Crippen MR) is 47.0 cm³/mol. The zero-order valence-electron chi connectivity index (χ0n) is 7.96. The highest BCUT2D eigenvalue weighted by molar-refractivity contribution is 6.88. The Balaban J connectivity index is 3.56. The fourth-order valence-corrected chi connectivity index (χ4v) is 2.67. The van der Waals surface area contributed by atoms with Crippen molar-refractivity contribution in [2.75, 3.05) is 0 Å². The molecule has 0 aliphatic heterocycles. The third-order valence-corrected chi connectivity index (χ3v) is 3.69. The third-order valence-electron chi connectivity index (χ3n) is 1.75. The highest BCUT2D eigenvalue weighted by Crippen LogP contribution is 2.13. The molecule has 0 amide bonds. The summed E-state index contributed by atoms with van der Waals surface area (Å²) in [5.41, 5.74) is 0. The first kappa shape index (κ1) is 11.2. The maximum Gasteiger partial charge on any atom is 0.251 e. The molecule has 1 aromatic rings. The molecular formula is C8H9F4NSi. The number of aromatic nitrogens is 1. The van der Waals surface area contributed by atoms with Gasteiger partial charge in [0.15, 0.2) is 11.6 Å². The van der Waals surface area contributed by atoms with E-state index in [4.69, 9.17) is 0 Å². The molecule has 0 fully saturated rings. The topological polar surface area (TPSA) is 12.9 Å². The Labute approximate surface area is 79.8 Å². The molecule has 0 unspecified atom stereocenters. The third kappa shape index (κ3) is 1.79. The zero-order chi connectivity index (χ0) is 11.1. The van der Waals surface area contributed by atoms with Crippen LogP contribution in [-0.4, -0.2) is 13.1 Å². The maximum absolute atomic E-state index is 13.1. The van der Waals surface area contributed by atoms with Gasteiger partial charge in [0.25, 0.3) is 11.9 Å². The first-order valence-corrected chi connectivity index (χ1v) is 7.45. The summed E-state index contributed by atoms with van der Waals surface area (Å²) in [6.07, 6.45) is 0. The van der Waals surface area contributed by atoms with Crippen molar-refractivity contribution in [1.82, 2.24) is 4.98 Å². The smallest absolute Gasteiger partial charge is 0.202 e. The summed E-state index contributed by atoms with van der Waals surface area (Å²) >= 11 is 0. The van der Waals surface area contributed by atoms with Gasteiger partial charge in [-0.2, -0.15) is 13.8 Å².